The third-order valence-electron chi connectivity index (χ3n) is 13.6. The second-order valence-electron chi connectivity index (χ2n) is 18.2. The largest absolute Gasteiger partial charge is 0.455 e. The predicted octanol–water partition coefficient (Wildman–Crippen LogP) is 17.5. The van der Waals surface area contributed by atoms with Gasteiger partial charge < -0.3 is 8.83 Å². The summed E-state index contributed by atoms with van der Waals surface area (Å²) in [4.78, 5) is 0. The Balaban J connectivity index is 1.26. The smallest absolute Gasteiger partial charge is 0.143 e. The standard InChI is InChI=1S/C60H46O2/c1-31-19-32(2)22-41(21-31)45-27-51-58-48(30-50-44-18-16-40(26-54(44)61-59(50)51)56-37(7)13-10-14-38(56)8)46(42-23-33(3)20-34(4)24-42)28-52-57(58)47(45)29-49-43-17-15-39(25-53(43)62-60(49)52)55-35(5)11-9-12-36(55)6/h9-30H,1-8H3. The highest BCUT2D eigenvalue weighted by molar-refractivity contribution is 6.38. The Morgan fingerprint density at radius 3 is 1.03 bits per heavy atom. The molecule has 2 heteroatoms. The van der Waals surface area contributed by atoms with Gasteiger partial charge in [0.25, 0.3) is 0 Å². The molecular formula is C60H46O2. The van der Waals surface area contributed by atoms with Crippen molar-refractivity contribution in [3.05, 3.63) is 178 Å². The van der Waals surface area contributed by atoms with Crippen LogP contribution in [-0.2, 0) is 0 Å². The summed E-state index contributed by atoms with van der Waals surface area (Å²) in [7, 11) is 0. The third kappa shape index (κ3) is 5.36. The van der Waals surface area contributed by atoms with Crippen molar-refractivity contribution in [2.45, 2.75) is 55.4 Å². The van der Waals surface area contributed by atoms with Gasteiger partial charge in [0.2, 0.25) is 0 Å². The molecule has 0 N–H and O–H groups in total. The van der Waals surface area contributed by atoms with Crippen LogP contribution in [0.2, 0.25) is 0 Å². The molecule has 2 nitrogen and oxygen atoms in total. The highest BCUT2D eigenvalue weighted by Gasteiger charge is 2.25. The maximum absolute atomic E-state index is 7.16. The van der Waals surface area contributed by atoms with E-state index in [9.17, 15) is 0 Å². The molecule has 0 radical (unpaired) electrons. The van der Waals surface area contributed by atoms with Gasteiger partial charge >= 0.3 is 0 Å². The average molecular weight is 799 g/mol. The Kier molecular flexibility index (Phi) is 7.79. The van der Waals surface area contributed by atoms with Crippen LogP contribution in [0.3, 0.4) is 0 Å². The van der Waals surface area contributed by atoms with E-state index < -0.39 is 0 Å². The predicted molar refractivity (Wildman–Crippen MR) is 264 cm³/mol. The van der Waals surface area contributed by atoms with Crippen molar-refractivity contribution in [3.63, 3.8) is 0 Å². The summed E-state index contributed by atoms with van der Waals surface area (Å²) >= 11 is 0. The van der Waals surface area contributed by atoms with E-state index in [2.05, 4.69) is 189 Å². The van der Waals surface area contributed by atoms with Gasteiger partial charge in [0, 0.05) is 43.1 Å². The molecule has 2 heterocycles. The van der Waals surface area contributed by atoms with E-state index in [1.165, 1.54) is 111 Å². The number of benzene rings is 10. The first-order chi connectivity index (χ1) is 30.0. The highest BCUT2D eigenvalue weighted by atomic mass is 16.3. The lowest BCUT2D eigenvalue weighted by atomic mass is 9.83. The highest BCUT2D eigenvalue weighted by Crippen LogP contribution is 2.51. The number of hydrogen-bond acceptors (Lipinski definition) is 2. The SMILES string of the molecule is Cc1cc(C)cc(-c2cc3c4oc5cc(-c6c(C)cccc6C)ccc5c4cc4c(-c5cc(C)cc(C)c5)cc5c6oc7cc(-c8c(C)cccc8C)ccc7c6cc2c5c43)c1. The molecule has 0 aliphatic rings. The van der Waals surface area contributed by atoms with E-state index in [1.807, 2.05) is 0 Å². The van der Waals surface area contributed by atoms with Crippen molar-refractivity contribution in [2.75, 3.05) is 0 Å². The minimum atomic E-state index is 0.899. The Labute approximate surface area is 361 Å². The number of furan rings is 2. The van der Waals surface area contributed by atoms with Crippen molar-refractivity contribution in [3.8, 4) is 44.5 Å². The van der Waals surface area contributed by atoms with Crippen LogP contribution in [0.4, 0.5) is 0 Å². The first-order valence-electron chi connectivity index (χ1n) is 21.8. The zero-order chi connectivity index (χ0) is 42.3. The van der Waals surface area contributed by atoms with E-state index >= 15 is 0 Å². The Bertz CT molecular complexity index is 3550. The fraction of sp³-hybridized carbons (Fsp3) is 0.133. The first kappa shape index (κ1) is 36.7. The molecular weight excluding hydrogens is 753 g/mol. The summed E-state index contributed by atoms with van der Waals surface area (Å²) < 4.78 is 14.3. The second kappa shape index (κ2) is 13.2. The zero-order valence-electron chi connectivity index (χ0n) is 36.5. The van der Waals surface area contributed by atoms with Crippen LogP contribution in [-0.4, -0.2) is 0 Å². The molecule has 0 fully saturated rings. The van der Waals surface area contributed by atoms with Crippen LogP contribution >= 0.6 is 0 Å². The molecule has 0 saturated carbocycles. The van der Waals surface area contributed by atoms with Gasteiger partial charge in [0.05, 0.1) is 0 Å². The number of hydrogen-bond donors (Lipinski definition) is 0. The van der Waals surface area contributed by atoms with Gasteiger partial charge in [-0.2, -0.15) is 0 Å². The van der Waals surface area contributed by atoms with Gasteiger partial charge in [-0.15, -0.1) is 0 Å². The van der Waals surface area contributed by atoms with Crippen LogP contribution < -0.4 is 0 Å². The van der Waals surface area contributed by atoms with E-state index in [-0.39, 0.29) is 0 Å². The second-order valence-corrected chi connectivity index (χ2v) is 18.2. The average Bonchev–Trinajstić information content (AvgIpc) is 3.79. The minimum Gasteiger partial charge on any atom is -0.455 e. The third-order valence-corrected chi connectivity index (χ3v) is 13.6. The lowest BCUT2D eigenvalue weighted by Gasteiger charge is -2.19. The Hall–Kier alpha value is -7.16. The van der Waals surface area contributed by atoms with Gasteiger partial charge in [-0.3, -0.25) is 0 Å². The van der Waals surface area contributed by atoms with E-state index in [1.54, 1.807) is 0 Å². The number of rotatable bonds is 4. The molecule has 0 saturated heterocycles. The maximum atomic E-state index is 7.16. The monoisotopic (exact) mass is 798 g/mol. The number of aryl methyl sites for hydroxylation is 8. The van der Waals surface area contributed by atoms with E-state index in [0.717, 1.165) is 54.6 Å². The molecule has 0 amide bonds. The lowest BCUT2D eigenvalue weighted by Crippen LogP contribution is -1.93. The molecule has 0 spiro atoms. The molecule has 298 valence electrons. The Morgan fingerprint density at radius 1 is 0.290 bits per heavy atom. The quantitative estimate of drug-likeness (QED) is 0.166. The topological polar surface area (TPSA) is 26.3 Å². The van der Waals surface area contributed by atoms with E-state index in [0.29, 0.717) is 0 Å². The summed E-state index contributed by atoms with van der Waals surface area (Å²) in [6.45, 7) is 17.6. The van der Waals surface area contributed by atoms with Gasteiger partial charge in [0.1, 0.15) is 22.3 Å². The molecule has 12 aromatic rings. The molecule has 0 aliphatic carbocycles. The van der Waals surface area contributed by atoms with E-state index in [4.69, 9.17) is 8.83 Å². The van der Waals surface area contributed by atoms with Crippen LogP contribution in [0.25, 0.3) is 121 Å². The lowest BCUT2D eigenvalue weighted by molar-refractivity contribution is 0.672. The van der Waals surface area contributed by atoms with Crippen molar-refractivity contribution in [1.29, 1.82) is 0 Å². The summed E-state index contributed by atoms with van der Waals surface area (Å²) in [5, 5.41) is 11.6. The minimum absolute atomic E-state index is 0.899. The van der Waals surface area contributed by atoms with Crippen molar-refractivity contribution >= 4 is 76.2 Å². The molecule has 0 aliphatic heterocycles. The van der Waals surface area contributed by atoms with Crippen LogP contribution in [0.5, 0.6) is 0 Å². The van der Waals surface area contributed by atoms with Crippen LogP contribution in [0, 0.1) is 55.4 Å². The summed E-state index contributed by atoms with van der Waals surface area (Å²) in [6.07, 6.45) is 0. The van der Waals surface area contributed by atoms with Gasteiger partial charge in [-0.05, 0) is 181 Å². The molecule has 10 aromatic carbocycles. The number of fused-ring (bicyclic) bond motifs is 8. The van der Waals surface area contributed by atoms with Crippen LogP contribution in [0.15, 0.2) is 142 Å². The fourth-order valence-corrected chi connectivity index (χ4v) is 11.1. The first-order valence-corrected chi connectivity index (χ1v) is 21.8. The zero-order valence-corrected chi connectivity index (χ0v) is 36.5. The maximum Gasteiger partial charge on any atom is 0.143 e. The molecule has 0 bridgehead atoms. The van der Waals surface area contributed by atoms with Gasteiger partial charge in [0.15, 0.2) is 0 Å². The molecule has 0 atom stereocenters. The van der Waals surface area contributed by atoms with Crippen molar-refractivity contribution in [1.82, 2.24) is 0 Å². The normalized spacial score (nSPS) is 12.2. The molecule has 12 rings (SSSR count). The summed E-state index contributed by atoms with van der Waals surface area (Å²) in [6, 6.07) is 50.2. The summed E-state index contributed by atoms with van der Waals surface area (Å²) in [5.74, 6) is 0. The van der Waals surface area contributed by atoms with Crippen molar-refractivity contribution < 1.29 is 8.83 Å². The van der Waals surface area contributed by atoms with Crippen LogP contribution in [0.1, 0.15) is 44.5 Å². The van der Waals surface area contributed by atoms with Gasteiger partial charge in [-0.25, -0.2) is 0 Å². The van der Waals surface area contributed by atoms with Gasteiger partial charge in [-0.1, -0.05) is 107 Å². The molecule has 2 aromatic heterocycles. The molecule has 62 heavy (non-hydrogen) atoms. The van der Waals surface area contributed by atoms with Crippen molar-refractivity contribution in [2.24, 2.45) is 0 Å². The Morgan fingerprint density at radius 2 is 0.661 bits per heavy atom. The summed E-state index contributed by atoms with van der Waals surface area (Å²) in [5.41, 5.74) is 23.3. The fourth-order valence-electron chi connectivity index (χ4n) is 11.1. The molecule has 0 unspecified atom stereocenters.